The number of aliphatic carboxylic acids is 1. The quantitative estimate of drug-likeness (QED) is 0.701. The lowest BCUT2D eigenvalue weighted by Crippen LogP contribution is -2.54. The molecule has 8 nitrogen and oxygen atoms in total. The zero-order valence-electron chi connectivity index (χ0n) is 11.5. The van der Waals surface area contributed by atoms with Crippen LogP contribution in [0.5, 0.6) is 0 Å². The molecule has 0 bridgehead atoms. The van der Waals surface area contributed by atoms with Gasteiger partial charge < -0.3 is 9.84 Å². The molecule has 10 heteroatoms. The van der Waals surface area contributed by atoms with Crippen LogP contribution in [0.2, 0.25) is 0 Å². The highest BCUT2D eigenvalue weighted by molar-refractivity contribution is 7.92. The molecule has 0 aromatic rings. The number of carbonyl (C=O) groups is 1. The summed E-state index contributed by atoms with van der Waals surface area (Å²) in [5.41, 5.74) is 0. The molecule has 2 heterocycles. The van der Waals surface area contributed by atoms with E-state index >= 15 is 0 Å². The predicted molar refractivity (Wildman–Crippen MR) is 74.2 cm³/mol. The molecule has 0 radical (unpaired) electrons. The average Bonchev–Trinajstić information content (AvgIpc) is 2.37. The van der Waals surface area contributed by atoms with Crippen LogP contribution in [0.15, 0.2) is 0 Å². The number of carboxylic acid groups (broad SMARTS) is 1. The normalized spacial score (nSPS) is 28.3. The second-order valence-corrected chi connectivity index (χ2v) is 9.73. The maximum Gasteiger partial charge on any atom is 0.305 e. The summed E-state index contributed by atoms with van der Waals surface area (Å²) in [5, 5.41) is 8.27. The maximum atomic E-state index is 12.6. The Labute approximate surface area is 124 Å². The van der Waals surface area contributed by atoms with Gasteiger partial charge >= 0.3 is 5.97 Å². The molecule has 0 amide bonds. The topological polar surface area (TPSA) is 118 Å². The van der Waals surface area contributed by atoms with Crippen LogP contribution in [-0.2, 0) is 29.4 Å². The fourth-order valence-corrected chi connectivity index (χ4v) is 6.55. The molecule has 1 unspecified atom stereocenters. The zero-order valence-corrected chi connectivity index (χ0v) is 13.1. The van der Waals surface area contributed by atoms with Gasteiger partial charge in [-0.05, 0) is 12.8 Å². The Morgan fingerprint density at radius 2 is 1.90 bits per heavy atom. The number of carboxylic acids is 1. The second-order valence-electron chi connectivity index (χ2n) is 5.33. The van der Waals surface area contributed by atoms with Crippen LogP contribution in [-0.4, -0.2) is 74.8 Å². The van der Waals surface area contributed by atoms with E-state index in [4.69, 9.17) is 9.84 Å². The van der Waals surface area contributed by atoms with Gasteiger partial charge in [-0.15, -0.1) is 0 Å². The molecule has 21 heavy (non-hydrogen) atoms. The van der Waals surface area contributed by atoms with Gasteiger partial charge in [-0.3, -0.25) is 4.79 Å². The first-order valence-corrected chi connectivity index (χ1v) is 10.1. The van der Waals surface area contributed by atoms with Crippen molar-refractivity contribution in [2.75, 3.05) is 31.3 Å². The Kier molecular flexibility index (Phi) is 4.91. The van der Waals surface area contributed by atoms with Crippen molar-refractivity contribution in [2.24, 2.45) is 0 Å². The Bertz CT molecular complexity index is 592. The first kappa shape index (κ1) is 16.7. The molecular formula is C11H19NO7S2. The molecule has 2 aliphatic rings. The summed E-state index contributed by atoms with van der Waals surface area (Å²) in [6.07, 6.45) is 0.207. The average molecular weight is 341 g/mol. The van der Waals surface area contributed by atoms with E-state index in [0.717, 1.165) is 4.31 Å². The van der Waals surface area contributed by atoms with Crippen LogP contribution in [0.25, 0.3) is 0 Å². The Morgan fingerprint density at radius 3 is 2.48 bits per heavy atom. The number of rotatable bonds is 4. The summed E-state index contributed by atoms with van der Waals surface area (Å²) < 4.78 is 54.8. The fraction of sp³-hybridized carbons (Fsp3) is 0.909. The number of hydrogen-bond donors (Lipinski definition) is 1. The predicted octanol–water partition coefficient (Wildman–Crippen LogP) is -0.931. The lowest BCUT2D eigenvalue weighted by molar-refractivity contribution is -0.137. The molecule has 1 N–H and O–H groups in total. The van der Waals surface area contributed by atoms with Crippen molar-refractivity contribution >= 4 is 25.8 Å². The number of sulfonamides is 1. The first-order valence-electron chi connectivity index (χ1n) is 6.73. The van der Waals surface area contributed by atoms with Crippen LogP contribution >= 0.6 is 0 Å². The van der Waals surface area contributed by atoms with Crippen molar-refractivity contribution < 1.29 is 31.5 Å². The minimum absolute atomic E-state index is 0.167. The number of nitrogens with zero attached hydrogens (tertiary/aromatic N) is 1. The van der Waals surface area contributed by atoms with Gasteiger partial charge in [0.1, 0.15) is 0 Å². The monoisotopic (exact) mass is 341 g/mol. The third-order valence-corrected chi connectivity index (χ3v) is 7.95. The molecule has 0 saturated carbocycles. The third-order valence-electron chi connectivity index (χ3n) is 3.80. The van der Waals surface area contributed by atoms with Crippen LogP contribution in [0.1, 0.15) is 19.3 Å². The van der Waals surface area contributed by atoms with E-state index in [0.29, 0.717) is 26.1 Å². The second kappa shape index (κ2) is 6.19. The molecule has 1 atom stereocenters. The first-order chi connectivity index (χ1) is 9.72. The molecule has 122 valence electrons. The maximum absolute atomic E-state index is 12.6. The van der Waals surface area contributed by atoms with Crippen molar-refractivity contribution in [1.29, 1.82) is 0 Å². The smallest absolute Gasteiger partial charge is 0.305 e. The van der Waals surface area contributed by atoms with Crippen LogP contribution in [0.4, 0.5) is 0 Å². The number of sulfone groups is 1. The van der Waals surface area contributed by atoms with Gasteiger partial charge in [-0.1, -0.05) is 0 Å². The SMILES string of the molecule is O=C(O)CC1CS(=O)(=O)CCN1S(=O)(=O)C1CCOCC1. The van der Waals surface area contributed by atoms with Gasteiger partial charge in [0, 0.05) is 25.8 Å². The summed E-state index contributed by atoms with van der Waals surface area (Å²) in [6.45, 7) is 0.527. The largest absolute Gasteiger partial charge is 0.481 e. The fourth-order valence-electron chi connectivity index (χ4n) is 2.73. The Hall–Kier alpha value is -0.710. The van der Waals surface area contributed by atoms with E-state index in [2.05, 4.69) is 0 Å². The van der Waals surface area contributed by atoms with Gasteiger partial charge in [0.2, 0.25) is 10.0 Å². The van der Waals surface area contributed by atoms with E-state index in [1.165, 1.54) is 0 Å². The van der Waals surface area contributed by atoms with Crippen LogP contribution in [0.3, 0.4) is 0 Å². The van der Waals surface area contributed by atoms with Gasteiger partial charge in [0.05, 0.1) is 23.2 Å². The molecule has 0 spiro atoms. The minimum Gasteiger partial charge on any atom is -0.481 e. The highest BCUT2D eigenvalue weighted by Crippen LogP contribution is 2.26. The standard InChI is InChI=1S/C11H19NO7S2/c13-11(14)7-9-8-20(15,16)6-3-12(9)21(17,18)10-1-4-19-5-2-10/h9-10H,1-8H2,(H,13,14). The summed E-state index contributed by atoms with van der Waals surface area (Å²) in [6, 6.07) is -1.02. The molecule has 2 saturated heterocycles. The van der Waals surface area contributed by atoms with E-state index < -0.39 is 49.3 Å². The lowest BCUT2D eigenvalue weighted by atomic mass is 10.2. The van der Waals surface area contributed by atoms with Crippen molar-refractivity contribution in [1.82, 2.24) is 4.31 Å². The minimum atomic E-state index is -3.70. The molecule has 2 rings (SSSR count). The van der Waals surface area contributed by atoms with Crippen LogP contribution in [0, 0.1) is 0 Å². The van der Waals surface area contributed by atoms with E-state index in [1.54, 1.807) is 0 Å². The molecule has 0 aromatic carbocycles. The summed E-state index contributed by atoms with van der Waals surface area (Å²) in [7, 11) is -7.10. The molecular weight excluding hydrogens is 322 g/mol. The number of hydrogen-bond acceptors (Lipinski definition) is 6. The van der Waals surface area contributed by atoms with Gasteiger partial charge in [-0.2, -0.15) is 4.31 Å². The van der Waals surface area contributed by atoms with Crippen molar-refractivity contribution in [3.8, 4) is 0 Å². The van der Waals surface area contributed by atoms with Crippen LogP contribution < -0.4 is 0 Å². The summed E-state index contributed by atoms with van der Waals surface area (Å²) in [5.74, 6) is -1.89. The summed E-state index contributed by atoms with van der Waals surface area (Å²) in [4.78, 5) is 10.9. The Morgan fingerprint density at radius 1 is 1.29 bits per heavy atom. The molecule has 2 fully saturated rings. The van der Waals surface area contributed by atoms with Crippen molar-refractivity contribution in [3.63, 3.8) is 0 Å². The van der Waals surface area contributed by atoms with Gasteiger partial charge in [0.25, 0.3) is 0 Å². The van der Waals surface area contributed by atoms with Crippen molar-refractivity contribution in [2.45, 2.75) is 30.6 Å². The van der Waals surface area contributed by atoms with E-state index in [9.17, 15) is 21.6 Å². The van der Waals surface area contributed by atoms with Gasteiger partial charge in [0.15, 0.2) is 9.84 Å². The Balaban J connectivity index is 2.23. The van der Waals surface area contributed by atoms with Gasteiger partial charge in [-0.25, -0.2) is 16.8 Å². The molecule has 0 aromatic heterocycles. The van der Waals surface area contributed by atoms with E-state index in [-0.39, 0.29) is 12.3 Å². The highest BCUT2D eigenvalue weighted by Gasteiger charge is 2.42. The lowest BCUT2D eigenvalue weighted by Gasteiger charge is -2.37. The zero-order chi connectivity index (χ0) is 15.7. The third kappa shape index (κ3) is 3.93. The van der Waals surface area contributed by atoms with E-state index in [1.807, 2.05) is 0 Å². The molecule has 2 aliphatic heterocycles. The molecule has 0 aliphatic carbocycles. The summed E-state index contributed by atoms with van der Waals surface area (Å²) >= 11 is 0. The van der Waals surface area contributed by atoms with Crippen molar-refractivity contribution in [3.05, 3.63) is 0 Å². The highest BCUT2D eigenvalue weighted by atomic mass is 32.2. The number of ether oxygens (including phenoxy) is 1.